The van der Waals surface area contributed by atoms with Crippen LogP contribution in [0.5, 0.6) is 0 Å². The zero-order valence-corrected chi connectivity index (χ0v) is 14.9. The number of nitrogens with zero attached hydrogens (tertiary/aromatic N) is 2. The molecule has 0 amide bonds. The van der Waals surface area contributed by atoms with Crippen molar-refractivity contribution in [2.75, 3.05) is 40.3 Å². The zero-order chi connectivity index (χ0) is 15.2. The molecule has 1 aliphatic rings. The van der Waals surface area contributed by atoms with E-state index in [0.29, 0.717) is 12.1 Å². The molecule has 0 aromatic carbocycles. The van der Waals surface area contributed by atoms with Crippen LogP contribution in [0.3, 0.4) is 0 Å². The van der Waals surface area contributed by atoms with Gasteiger partial charge in [0.05, 0.1) is 0 Å². The highest BCUT2D eigenvalue weighted by Crippen LogP contribution is 2.21. The molecule has 0 spiro atoms. The number of hydrogen-bond donors (Lipinski definition) is 1. The van der Waals surface area contributed by atoms with Crippen molar-refractivity contribution >= 4 is 11.3 Å². The lowest BCUT2D eigenvalue weighted by Gasteiger charge is -2.35. The maximum Gasteiger partial charge on any atom is 0.0376 e. The molecule has 0 bridgehead atoms. The van der Waals surface area contributed by atoms with Crippen LogP contribution in [-0.4, -0.2) is 62.2 Å². The monoisotopic (exact) mass is 309 g/mol. The van der Waals surface area contributed by atoms with Crippen LogP contribution in [0, 0.1) is 0 Å². The third-order valence-corrected chi connectivity index (χ3v) is 5.79. The van der Waals surface area contributed by atoms with Crippen molar-refractivity contribution in [2.24, 2.45) is 0 Å². The second kappa shape index (κ2) is 8.28. The van der Waals surface area contributed by atoms with E-state index in [1.807, 2.05) is 11.3 Å². The molecular weight excluding hydrogens is 278 g/mol. The van der Waals surface area contributed by atoms with E-state index in [-0.39, 0.29) is 0 Å². The summed E-state index contributed by atoms with van der Waals surface area (Å²) in [5.41, 5.74) is 0. The summed E-state index contributed by atoms with van der Waals surface area (Å²) in [6, 6.07) is 5.77. The Labute approximate surface area is 134 Å². The number of thiophene rings is 1. The van der Waals surface area contributed by atoms with Crippen LogP contribution in [0.25, 0.3) is 0 Å². The highest BCUT2D eigenvalue weighted by atomic mass is 32.1. The van der Waals surface area contributed by atoms with E-state index in [9.17, 15) is 0 Å². The van der Waals surface area contributed by atoms with Gasteiger partial charge in [-0.05, 0) is 65.1 Å². The molecule has 1 aliphatic heterocycles. The minimum absolute atomic E-state index is 0.545. The van der Waals surface area contributed by atoms with Gasteiger partial charge in [0, 0.05) is 28.4 Å². The number of nitrogens with one attached hydrogen (secondary N) is 1. The average molecular weight is 310 g/mol. The van der Waals surface area contributed by atoms with Gasteiger partial charge in [0.15, 0.2) is 0 Å². The van der Waals surface area contributed by atoms with Crippen molar-refractivity contribution in [3.05, 3.63) is 21.9 Å². The third-order valence-electron chi connectivity index (χ3n) is 4.53. The Hall–Kier alpha value is -0.420. The number of aryl methyl sites for hydroxylation is 1. The first-order valence-corrected chi connectivity index (χ1v) is 9.15. The minimum Gasteiger partial charge on any atom is -0.312 e. The van der Waals surface area contributed by atoms with E-state index in [1.54, 1.807) is 0 Å². The Morgan fingerprint density at radius 1 is 1.24 bits per heavy atom. The van der Waals surface area contributed by atoms with Crippen LogP contribution in [0.1, 0.15) is 30.0 Å². The van der Waals surface area contributed by atoms with Gasteiger partial charge in [0.25, 0.3) is 0 Å². The van der Waals surface area contributed by atoms with E-state index in [0.717, 1.165) is 19.4 Å². The van der Waals surface area contributed by atoms with Crippen LogP contribution >= 0.6 is 11.3 Å². The highest BCUT2D eigenvalue weighted by molar-refractivity contribution is 7.11. The second-order valence-corrected chi connectivity index (χ2v) is 7.51. The van der Waals surface area contributed by atoms with Crippen molar-refractivity contribution in [2.45, 2.75) is 45.2 Å². The third kappa shape index (κ3) is 4.78. The van der Waals surface area contributed by atoms with Crippen LogP contribution in [0.2, 0.25) is 0 Å². The molecular formula is C17H31N3S. The fourth-order valence-corrected chi connectivity index (χ4v) is 4.30. The summed E-state index contributed by atoms with van der Waals surface area (Å²) < 4.78 is 0. The average Bonchev–Trinajstić information content (AvgIpc) is 2.84. The highest BCUT2D eigenvalue weighted by Gasteiger charge is 2.28. The summed E-state index contributed by atoms with van der Waals surface area (Å²) in [5.74, 6) is 0. The molecule has 3 nitrogen and oxygen atoms in total. The summed E-state index contributed by atoms with van der Waals surface area (Å²) in [7, 11) is 4.55. The van der Waals surface area contributed by atoms with Crippen molar-refractivity contribution < 1.29 is 0 Å². The lowest BCUT2D eigenvalue weighted by Crippen LogP contribution is -2.53. The van der Waals surface area contributed by atoms with Crippen LogP contribution in [0.15, 0.2) is 12.1 Å². The molecule has 1 saturated heterocycles. The van der Waals surface area contributed by atoms with Crippen LogP contribution in [0.4, 0.5) is 0 Å². The molecule has 2 unspecified atom stereocenters. The SMILES string of the molecule is CCNC(Cc1ccc(CC)s1)C1CN(C)CCCN1C. The van der Waals surface area contributed by atoms with E-state index >= 15 is 0 Å². The Kier molecular flexibility index (Phi) is 6.68. The number of likely N-dealkylation sites (N-methyl/N-ethyl adjacent to an activating group) is 3. The Morgan fingerprint density at radius 2 is 2.00 bits per heavy atom. The Bertz CT molecular complexity index is 418. The van der Waals surface area contributed by atoms with Gasteiger partial charge in [0.2, 0.25) is 0 Å². The first-order valence-electron chi connectivity index (χ1n) is 8.33. The van der Waals surface area contributed by atoms with E-state index in [1.165, 1.54) is 35.8 Å². The van der Waals surface area contributed by atoms with Gasteiger partial charge in [-0.2, -0.15) is 0 Å². The standard InChI is InChI=1S/C17H31N3S/c1-5-14-8-9-15(21-14)12-16(18-6-2)17-13-19(3)10-7-11-20(17)4/h8-9,16-18H,5-7,10-13H2,1-4H3. The molecule has 21 heavy (non-hydrogen) atoms. The predicted octanol–water partition coefficient (Wildman–Crippen LogP) is 2.47. The van der Waals surface area contributed by atoms with E-state index in [2.05, 4.69) is 55.2 Å². The summed E-state index contributed by atoms with van der Waals surface area (Å²) in [6.07, 6.45) is 3.59. The normalized spacial score (nSPS) is 23.1. The smallest absolute Gasteiger partial charge is 0.0376 e. The molecule has 2 atom stereocenters. The van der Waals surface area contributed by atoms with Crippen molar-refractivity contribution in [3.63, 3.8) is 0 Å². The summed E-state index contributed by atoms with van der Waals surface area (Å²) in [5, 5.41) is 3.75. The maximum atomic E-state index is 3.75. The molecule has 2 rings (SSSR count). The Morgan fingerprint density at radius 3 is 2.67 bits per heavy atom. The van der Waals surface area contributed by atoms with Crippen molar-refractivity contribution in [1.29, 1.82) is 0 Å². The quantitative estimate of drug-likeness (QED) is 0.871. The van der Waals surface area contributed by atoms with Gasteiger partial charge in [-0.1, -0.05) is 13.8 Å². The summed E-state index contributed by atoms with van der Waals surface area (Å²) >= 11 is 1.99. The first-order chi connectivity index (χ1) is 10.1. The van der Waals surface area contributed by atoms with Crippen molar-refractivity contribution in [3.8, 4) is 0 Å². The van der Waals surface area contributed by atoms with Crippen LogP contribution < -0.4 is 5.32 Å². The zero-order valence-electron chi connectivity index (χ0n) is 14.1. The Balaban J connectivity index is 2.08. The second-order valence-electron chi connectivity index (χ2n) is 6.25. The topological polar surface area (TPSA) is 18.5 Å². The number of hydrogen-bond acceptors (Lipinski definition) is 4. The van der Waals surface area contributed by atoms with Gasteiger partial charge >= 0.3 is 0 Å². The van der Waals surface area contributed by atoms with Gasteiger partial charge in [-0.25, -0.2) is 0 Å². The fraction of sp³-hybridized carbons (Fsp3) is 0.765. The van der Waals surface area contributed by atoms with Crippen LogP contribution in [-0.2, 0) is 12.8 Å². The molecule has 120 valence electrons. The molecule has 0 radical (unpaired) electrons. The molecule has 1 aromatic rings. The summed E-state index contributed by atoms with van der Waals surface area (Å²) in [6.45, 7) is 9.11. The predicted molar refractivity (Wildman–Crippen MR) is 93.4 cm³/mol. The van der Waals surface area contributed by atoms with Gasteiger partial charge in [0.1, 0.15) is 0 Å². The fourth-order valence-electron chi connectivity index (χ4n) is 3.29. The summed E-state index contributed by atoms with van der Waals surface area (Å²) in [4.78, 5) is 8.08. The van der Waals surface area contributed by atoms with E-state index < -0.39 is 0 Å². The molecule has 1 N–H and O–H groups in total. The van der Waals surface area contributed by atoms with E-state index in [4.69, 9.17) is 0 Å². The largest absolute Gasteiger partial charge is 0.312 e. The number of rotatable bonds is 6. The molecule has 0 saturated carbocycles. The van der Waals surface area contributed by atoms with Gasteiger partial charge in [-0.15, -0.1) is 11.3 Å². The molecule has 4 heteroatoms. The minimum atomic E-state index is 0.545. The van der Waals surface area contributed by atoms with Crippen molar-refractivity contribution in [1.82, 2.24) is 15.1 Å². The van der Waals surface area contributed by atoms with Gasteiger partial charge < -0.3 is 15.1 Å². The maximum absolute atomic E-state index is 3.75. The lowest BCUT2D eigenvalue weighted by molar-refractivity contribution is 0.178. The van der Waals surface area contributed by atoms with Gasteiger partial charge in [-0.3, -0.25) is 0 Å². The first kappa shape index (κ1) is 16.9. The molecule has 2 heterocycles. The molecule has 1 aromatic heterocycles. The lowest BCUT2D eigenvalue weighted by atomic mass is 10.0. The molecule has 1 fully saturated rings. The molecule has 0 aliphatic carbocycles.